The number of hydrogen-bond acceptors (Lipinski definition) is 3. The molecule has 3 rings (SSSR count). The molecule has 2 atom stereocenters. The summed E-state index contributed by atoms with van der Waals surface area (Å²) in [5, 5.41) is 11.3. The molecule has 23 heavy (non-hydrogen) atoms. The van der Waals surface area contributed by atoms with Crippen LogP contribution in [-0.4, -0.2) is 52.6 Å². The number of aliphatic hydroxyl groups excluding tert-OH is 1. The van der Waals surface area contributed by atoms with Gasteiger partial charge in [0.15, 0.2) is 0 Å². The predicted molar refractivity (Wildman–Crippen MR) is 91.3 cm³/mol. The first kappa shape index (κ1) is 16.7. The van der Waals surface area contributed by atoms with Gasteiger partial charge in [0.2, 0.25) is 5.91 Å². The van der Waals surface area contributed by atoms with Crippen LogP contribution in [-0.2, 0) is 11.3 Å². The Hall–Kier alpha value is -1.10. The average Bonchev–Trinajstić information content (AvgIpc) is 2.92. The summed E-state index contributed by atoms with van der Waals surface area (Å²) >= 11 is 6.22. The van der Waals surface area contributed by atoms with Gasteiger partial charge >= 0.3 is 0 Å². The van der Waals surface area contributed by atoms with E-state index in [9.17, 15) is 9.90 Å². The van der Waals surface area contributed by atoms with Crippen LogP contribution >= 0.6 is 11.6 Å². The second kappa shape index (κ2) is 7.65. The lowest BCUT2D eigenvalue weighted by atomic mass is 10.1. The summed E-state index contributed by atoms with van der Waals surface area (Å²) in [6, 6.07) is 7.51. The van der Waals surface area contributed by atoms with Gasteiger partial charge in [-0.15, -0.1) is 0 Å². The molecule has 126 valence electrons. The number of β-amino-alcohol motifs (C(OH)–C–C–N with tert-alkyl or cyclic N) is 1. The SMILES string of the molecule is O=C1CCC(C(O)CN2CCCCC2)N1Cc1ccccc1Cl. The maximum absolute atomic E-state index is 12.3. The number of rotatable bonds is 5. The maximum atomic E-state index is 12.3. The Morgan fingerprint density at radius 1 is 1.22 bits per heavy atom. The van der Waals surface area contributed by atoms with E-state index in [0.717, 1.165) is 25.1 Å². The van der Waals surface area contributed by atoms with Gasteiger partial charge in [0.25, 0.3) is 0 Å². The molecule has 0 bridgehead atoms. The zero-order chi connectivity index (χ0) is 16.2. The molecule has 1 N–H and O–H groups in total. The Kier molecular flexibility index (Phi) is 5.57. The van der Waals surface area contributed by atoms with Crippen molar-refractivity contribution in [2.75, 3.05) is 19.6 Å². The van der Waals surface area contributed by atoms with Gasteiger partial charge in [0.1, 0.15) is 0 Å². The summed E-state index contributed by atoms with van der Waals surface area (Å²) in [6.07, 6.45) is 4.47. The highest BCUT2D eigenvalue weighted by atomic mass is 35.5. The second-order valence-electron chi connectivity index (χ2n) is 6.65. The molecule has 0 aliphatic carbocycles. The van der Waals surface area contributed by atoms with Crippen LogP contribution in [0.25, 0.3) is 0 Å². The summed E-state index contributed by atoms with van der Waals surface area (Å²) < 4.78 is 0. The van der Waals surface area contributed by atoms with Crippen molar-refractivity contribution in [3.05, 3.63) is 34.9 Å². The van der Waals surface area contributed by atoms with Crippen molar-refractivity contribution in [1.29, 1.82) is 0 Å². The summed E-state index contributed by atoms with van der Waals surface area (Å²) in [5.74, 6) is 0.118. The highest BCUT2D eigenvalue weighted by Crippen LogP contribution is 2.27. The average molecular weight is 337 g/mol. The van der Waals surface area contributed by atoms with Gasteiger partial charge in [-0.3, -0.25) is 4.79 Å². The number of hydrogen-bond donors (Lipinski definition) is 1. The number of likely N-dealkylation sites (tertiary alicyclic amines) is 2. The van der Waals surface area contributed by atoms with Crippen molar-refractivity contribution >= 4 is 17.5 Å². The Morgan fingerprint density at radius 2 is 1.96 bits per heavy atom. The normalized spacial score (nSPS) is 24.2. The van der Waals surface area contributed by atoms with Gasteiger partial charge in [-0.05, 0) is 44.0 Å². The van der Waals surface area contributed by atoms with E-state index in [1.165, 1.54) is 19.3 Å². The third-order valence-electron chi connectivity index (χ3n) is 5.01. The summed E-state index contributed by atoms with van der Waals surface area (Å²) in [5.41, 5.74) is 0.944. The van der Waals surface area contributed by atoms with Gasteiger partial charge in [0.05, 0.1) is 12.1 Å². The van der Waals surface area contributed by atoms with Gasteiger partial charge in [-0.2, -0.15) is 0 Å². The first-order valence-corrected chi connectivity index (χ1v) is 8.96. The number of halogens is 1. The van der Waals surface area contributed by atoms with Crippen LogP contribution in [0, 0.1) is 0 Å². The first-order valence-electron chi connectivity index (χ1n) is 8.58. The lowest BCUT2D eigenvalue weighted by Crippen LogP contribution is -2.47. The number of benzene rings is 1. The minimum absolute atomic E-state index is 0.0966. The van der Waals surface area contributed by atoms with Crippen molar-refractivity contribution < 1.29 is 9.90 Å². The Labute approximate surface area is 143 Å². The van der Waals surface area contributed by atoms with Crippen LogP contribution < -0.4 is 0 Å². The molecule has 2 aliphatic heterocycles. The highest BCUT2D eigenvalue weighted by molar-refractivity contribution is 6.31. The third kappa shape index (κ3) is 4.06. The molecule has 0 radical (unpaired) electrons. The van der Waals surface area contributed by atoms with E-state index in [-0.39, 0.29) is 11.9 Å². The fourth-order valence-corrected chi connectivity index (χ4v) is 3.90. The minimum atomic E-state index is -0.484. The minimum Gasteiger partial charge on any atom is -0.390 e. The molecule has 2 fully saturated rings. The number of amides is 1. The van der Waals surface area contributed by atoms with Crippen LogP contribution in [0.5, 0.6) is 0 Å². The van der Waals surface area contributed by atoms with Gasteiger partial charge in [-0.25, -0.2) is 0 Å². The Morgan fingerprint density at radius 3 is 2.70 bits per heavy atom. The van der Waals surface area contributed by atoms with Crippen LogP contribution in [0.1, 0.15) is 37.7 Å². The summed E-state index contributed by atoms with van der Waals surface area (Å²) in [7, 11) is 0. The predicted octanol–water partition coefficient (Wildman–Crippen LogP) is 2.68. The first-order chi connectivity index (χ1) is 11.1. The maximum Gasteiger partial charge on any atom is 0.223 e. The van der Waals surface area contributed by atoms with Crippen LogP contribution in [0.2, 0.25) is 5.02 Å². The largest absolute Gasteiger partial charge is 0.390 e. The van der Waals surface area contributed by atoms with Crippen LogP contribution in [0.15, 0.2) is 24.3 Å². The number of aliphatic hydroxyl groups is 1. The van der Waals surface area contributed by atoms with Gasteiger partial charge in [-0.1, -0.05) is 36.2 Å². The van der Waals surface area contributed by atoms with Crippen LogP contribution in [0.3, 0.4) is 0 Å². The summed E-state index contributed by atoms with van der Waals surface area (Å²) in [4.78, 5) is 16.4. The van der Waals surface area contributed by atoms with Crippen molar-refractivity contribution in [2.45, 2.75) is 50.8 Å². The molecule has 2 heterocycles. The molecule has 1 amide bonds. The fourth-order valence-electron chi connectivity index (χ4n) is 3.70. The molecule has 2 unspecified atom stereocenters. The molecule has 1 aromatic carbocycles. The number of nitrogens with zero attached hydrogens (tertiary/aromatic N) is 2. The van der Waals surface area contributed by atoms with E-state index in [1.807, 2.05) is 29.2 Å². The Bertz CT molecular complexity index is 546. The van der Waals surface area contributed by atoms with Crippen LogP contribution in [0.4, 0.5) is 0 Å². The molecule has 2 aliphatic rings. The molecular formula is C18H25ClN2O2. The molecule has 4 nitrogen and oxygen atoms in total. The number of carbonyl (C=O) groups is 1. The number of carbonyl (C=O) groups excluding carboxylic acids is 1. The zero-order valence-electron chi connectivity index (χ0n) is 13.5. The fraction of sp³-hybridized carbons (Fsp3) is 0.611. The van der Waals surface area contributed by atoms with Crippen molar-refractivity contribution in [3.63, 3.8) is 0 Å². The molecule has 0 saturated carbocycles. The lowest BCUT2D eigenvalue weighted by molar-refractivity contribution is -0.131. The van der Waals surface area contributed by atoms with E-state index in [2.05, 4.69) is 4.90 Å². The summed E-state index contributed by atoms with van der Waals surface area (Å²) in [6.45, 7) is 3.27. The van der Waals surface area contributed by atoms with Gasteiger partial charge in [0, 0.05) is 24.5 Å². The topological polar surface area (TPSA) is 43.8 Å². The molecule has 1 aromatic rings. The third-order valence-corrected chi connectivity index (χ3v) is 5.38. The lowest BCUT2D eigenvalue weighted by Gasteiger charge is -2.34. The number of piperidine rings is 1. The van der Waals surface area contributed by atoms with Gasteiger partial charge < -0.3 is 14.9 Å². The van der Waals surface area contributed by atoms with E-state index < -0.39 is 6.10 Å². The van der Waals surface area contributed by atoms with Crippen molar-refractivity contribution in [3.8, 4) is 0 Å². The van der Waals surface area contributed by atoms with Crippen molar-refractivity contribution in [1.82, 2.24) is 9.80 Å². The van der Waals surface area contributed by atoms with E-state index in [0.29, 0.717) is 24.5 Å². The van der Waals surface area contributed by atoms with Crippen molar-refractivity contribution in [2.24, 2.45) is 0 Å². The van der Waals surface area contributed by atoms with E-state index in [1.54, 1.807) is 0 Å². The molecule has 0 aromatic heterocycles. The monoisotopic (exact) mass is 336 g/mol. The van der Waals surface area contributed by atoms with E-state index in [4.69, 9.17) is 11.6 Å². The molecular weight excluding hydrogens is 312 g/mol. The molecule has 2 saturated heterocycles. The standard InChI is InChI=1S/C18H25ClN2O2/c19-15-7-3-2-6-14(15)12-21-16(8-9-18(21)23)17(22)13-20-10-4-1-5-11-20/h2-3,6-7,16-17,22H,1,4-5,8-13H2. The smallest absolute Gasteiger partial charge is 0.223 e. The quantitative estimate of drug-likeness (QED) is 0.899. The Balaban J connectivity index is 1.65. The molecule has 0 spiro atoms. The van der Waals surface area contributed by atoms with E-state index >= 15 is 0 Å². The second-order valence-corrected chi connectivity index (χ2v) is 7.05. The zero-order valence-corrected chi connectivity index (χ0v) is 14.2. The molecule has 5 heteroatoms. The highest BCUT2D eigenvalue weighted by Gasteiger charge is 2.36.